The highest BCUT2D eigenvalue weighted by Crippen LogP contribution is 2.20. The summed E-state index contributed by atoms with van der Waals surface area (Å²) in [5.74, 6) is 0. The average molecular weight is 268 g/mol. The Morgan fingerprint density at radius 1 is 1.61 bits per heavy atom. The first-order valence-electron chi connectivity index (χ1n) is 6.40. The van der Waals surface area contributed by atoms with Gasteiger partial charge >= 0.3 is 6.03 Å². The highest BCUT2D eigenvalue weighted by atomic mass is 32.1. The fraction of sp³-hybridized carbons (Fsp3) is 0.615. The number of likely N-dealkylation sites (N-methyl/N-ethyl adjacent to an activating group) is 1. The average Bonchev–Trinajstić information content (AvgIpc) is 3.01. The van der Waals surface area contributed by atoms with E-state index in [-0.39, 0.29) is 6.03 Å². The van der Waals surface area contributed by atoms with Crippen LogP contribution in [-0.4, -0.2) is 35.7 Å². The monoisotopic (exact) mass is 268 g/mol. The van der Waals surface area contributed by atoms with Gasteiger partial charge in [-0.05, 0) is 24.3 Å². The Bertz CT molecular complexity index is 374. The number of rotatable bonds is 4. The third-order valence-corrected chi connectivity index (χ3v) is 4.32. The number of amides is 2. The van der Waals surface area contributed by atoms with Crippen LogP contribution in [0.2, 0.25) is 0 Å². The van der Waals surface area contributed by atoms with Crippen LogP contribution >= 0.6 is 11.3 Å². The second-order valence-electron chi connectivity index (χ2n) is 4.84. The number of thiophene rings is 1. The standard InChI is InChI=1S/C13H20N2O2S/c1-15(9-11(16)12-7-4-8-18-12)13(17)14-10-5-2-3-6-10/h4,7-8,10-11,16H,2-3,5-6,9H2,1H3,(H,14,17). The number of carbonyl (C=O) groups is 1. The molecule has 2 rings (SSSR count). The van der Waals surface area contributed by atoms with Crippen LogP contribution in [-0.2, 0) is 0 Å². The third-order valence-electron chi connectivity index (χ3n) is 3.35. The summed E-state index contributed by atoms with van der Waals surface area (Å²) in [6.07, 6.45) is 3.96. The molecule has 1 atom stereocenters. The molecule has 1 aliphatic carbocycles. The maximum Gasteiger partial charge on any atom is 0.317 e. The van der Waals surface area contributed by atoms with Crippen molar-refractivity contribution >= 4 is 17.4 Å². The lowest BCUT2D eigenvalue weighted by Crippen LogP contribution is -2.43. The minimum absolute atomic E-state index is 0.0856. The predicted octanol–water partition coefficient (Wildman–Crippen LogP) is 2.37. The Morgan fingerprint density at radius 3 is 2.94 bits per heavy atom. The van der Waals surface area contributed by atoms with Gasteiger partial charge in [0.15, 0.2) is 0 Å². The molecule has 18 heavy (non-hydrogen) atoms. The zero-order valence-corrected chi connectivity index (χ0v) is 11.4. The third kappa shape index (κ3) is 3.46. The second-order valence-corrected chi connectivity index (χ2v) is 5.82. The Balaban J connectivity index is 1.79. The van der Waals surface area contributed by atoms with Gasteiger partial charge in [0.2, 0.25) is 0 Å². The van der Waals surface area contributed by atoms with E-state index in [9.17, 15) is 9.90 Å². The molecule has 4 nitrogen and oxygen atoms in total. The zero-order chi connectivity index (χ0) is 13.0. The van der Waals surface area contributed by atoms with Crippen molar-refractivity contribution in [3.63, 3.8) is 0 Å². The van der Waals surface area contributed by atoms with Crippen molar-refractivity contribution < 1.29 is 9.90 Å². The SMILES string of the molecule is CN(CC(O)c1cccs1)C(=O)NC1CCCC1. The molecule has 0 spiro atoms. The number of nitrogens with zero attached hydrogens (tertiary/aromatic N) is 1. The molecule has 2 amide bonds. The predicted molar refractivity (Wildman–Crippen MR) is 72.7 cm³/mol. The topological polar surface area (TPSA) is 52.6 Å². The molecule has 0 aliphatic heterocycles. The van der Waals surface area contributed by atoms with Gasteiger partial charge in [0.05, 0.1) is 6.54 Å². The molecule has 1 aromatic heterocycles. The van der Waals surface area contributed by atoms with Gasteiger partial charge in [-0.3, -0.25) is 0 Å². The molecule has 5 heteroatoms. The van der Waals surface area contributed by atoms with Crippen molar-refractivity contribution in [2.24, 2.45) is 0 Å². The van der Waals surface area contributed by atoms with Crippen molar-refractivity contribution in [3.05, 3.63) is 22.4 Å². The molecule has 0 radical (unpaired) electrons. The summed E-state index contributed by atoms with van der Waals surface area (Å²) in [6.45, 7) is 0.332. The van der Waals surface area contributed by atoms with Crippen molar-refractivity contribution in [1.29, 1.82) is 0 Å². The lowest BCUT2D eigenvalue weighted by Gasteiger charge is -2.23. The van der Waals surface area contributed by atoms with Crippen LogP contribution in [0.3, 0.4) is 0 Å². The minimum Gasteiger partial charge on any atom is -0.386 e. The number of hydrogen-bond acceptors (Lipinski definition) is 3. The second kappa shape index (κ2) is 6.20. The van der Waals surface area contributed by atoms with Gasteiger partial charge in [0, 0.05) is 18.0 Å². The highest BCUT2D eigenvalue weighted by molar-refractivity contribution is 7.10. The molecule has 1 heterocycles. The molecule has 0 aromatic carbocycles. The zero-order valence-electron chi connectivity index (χ0n) is 10.6. The molecule has 1 unspecified atom stereocenters. The van der Waals surface area contributed by atoms with E-state index in [0.717, 1.165) is 17.7 Å². The lowest BCUT2D eigenvalue weighted by molar-refractivity contribution is 0.133. The summed E-state index contributed by atoms with van der Waals surface area (Å²) in [5.41, 5.74) is 0. The van der Waals surface area contributed by atoms with E-state index in [1.54, 1.807) is 11.9 Å². The van der Waals surface area contributed by atoms with E-state index >= 15 is 0 Å². The van der Waals surface area contributed by atoms with Crippen molar-refractivity contribution in [2.75, 3.05) is 13.6 Å². The molecule has 1 aromatic rings. The number of hydrogen-bond donors (Lipinski definition) is 2. The largest absolute Gasteiger partial charge is 0.386 e. The first kappa shape index (κ1) is 13.4. The molecule has 2 N–H and O–H groups in total. The van der Waals surface area contributed by atoms with Crippen LogP contribution in [0.25, 0.3) is 0 Å². The molecular weight excluding hydrogens is 248 g/mol. The summed E-state index contributed by atoms with van der Waals surface area (Å²) in [5, 5.41) is 14.9. The van der Waals surface area contributed by atoms with Gasteiger partial charge in [-0.2, -0.15) is 0 Å². The summed E-state index contributed by atoms with van der Waals surface area (Å²) in [7, 11) is 1.72. The van der Waals surface area contributed by atoms with Gasteiger partial charge < -0.3 is 15.3 Å². The molecule has 1 saturated carbocycles. The van der Waals surface area contributed by atoms with Crippen LogP contribution < -0.4 is 5.32 Å². The molecular formula is C13H20N2O2S. The number of carbonyl (C=O) groups excluding carboxylic acids is 1. The van der Waals surface area contributed by atoms with Gasteiger partial charge in [-0.15, -0.1) is 11.3 Å². The van der Waals surface area contributed by atoms with Crippen molar-refractivity contribution in [1.82, 2.24) is 10.2 Å². The molecule has 0 bridgehead atoms. The summed E-state index contributed by atoms with van der Waals surface area (Å²) in [6, 6.07) is 4.02. The molecule has 0 saturated heterocycles. The molecule has 1 fully saturated rings. The maximum absolute atomic E-state index is 11.9. The number of nitrogens with one attached hydrogen (secondary N) is 1. The van der Waals surface area contributed by atoms with Crippen LogP contribution in [0.4, 0.5) is 4.79 Å². The highest BCUT2D eigenvalue weighted by Gasteiger charge is 2.20. The minimum atomic E-state index is -0.593. The van der Waals surface area contributed by atoms with Crippen LogP contribution in [0, 0.1) is 0 Å². The van der Waals surface area contributed by atoms with Crippen LogP contribution in [0.1, 0.15) is 36.7 Å². The summed E-state index contributed by atoms with van der Waals surface area (Å²) in [4.78, 5) is 14.4. The Labute approximate surface area is 112 Å². The Morgan fingerprint density at radius 2 is 2.33 bits per heavy atom. The molecule has 1 aliphatic rings. The summed E-state index contributed by atoms with van der Waals surface area (Å²) < 4.78 is 0. The van der Waals surface area contributed by atoms with E-state index in [1.165, 1.54) is 24.2 Å². The number of aliphatic hydroxyl groups excluding tert-OH is 1. The van der Waals surface area contributed by atoms with Crippen LogP contribution in [0.15, 0.2) is 17.5 Å². The van der Waals surface area contributed by atoms with Gasteiger partial charge in [0.1, 0.15) is 6.10 Å². The van der Waals surface area contributed by atoms with Gasteiger partial charge in [-0.1, -0.05) is 18.9 Å². The van der Waals surface area contributed by atoms with E-state index < -0.39 is 6.10 Å². The maximum atomic E-state index is 11.9. The molecule has 100 valence electrons. The van der Waals surface area contributed by atoms with Crippen molar-refractivity contribution in [3.8, 4) is 0 Å². The Kier molecular flexibility index (Phi) is 4.60. The number of urea groups is 1. The smallest absolute Gasteiger partial charge is 0.317 e. The van der Waals surface area contributed by atoms with Gasteiger partial charge in [0.25, 0.3) is 0 Å². The fourth-order valence-corrected chi connectivity index (χ4v) is 2.97. The normalized spacial score (nSPS) is 17.7. The number of aliphatic hydroxyl groups is 1. The van der Waals surface area contributed by atoms with Crippen LogP contribution in [0.5, 0.6) is 0 Å². The van der Waals surface area contributed by atoms with Gasteiger partial charge in [-0.25, -0.2) is 4.79 Å². The van der Waals surface area contributed by atoms with E-state index in [2.05, 4.69) is 5.32 Å². The fourth-order valence-electron chi connectivity index (χ4n) is 2.27. The Hall–Kier alpha value is -1.07. The quantitative estimate of drug-likeness (QED) is 0.881. The first-order valence-corrected chi connectivity index (χ1v) is 7.28. The van der Waals surface area contributed by atoms with Crippen molar-refractivity contribution in [2.45, 2.75) is 37.8 Å². The lowest BCUT2D eigenvalue weighted by atomic mass is 10.2. The van der Waals surface area contributed by atoms with E-state index in [4.69, 9.17) is 0 Å². The van der Waals surface area contributed by atoms with E-state index in [0.29, 0.717) is 12.6 Å². The summed E-state index contributed by atoms with van der Waals surface area (Å²) >= 11 is 1.51. The first-order chi connectivity index (χ1) is 8.66. The van der Waals surface area contributed by atoms with E-state index in [1.807, 2.05) is 17.5 Å².